The van der Waals surface area contributed by atoms with E-state index in [9.17, 15) is 31.5 Å². The summed E-state index contributed by atoms with van der Waals surface area (Å²) in [6.45, 7) is 4.92. The number of hydrogen-bond donors (Lipinski definition) is 1. The van der Waals surface area contributed by atoms with E-state index in [4.69, 9.17) is 4.42 Å². The number of carbonyl (C=O) groups excluding carboxylic acids is 1. The molecular formula is C21H17F5N2O3. The molecule has 1 aromatic heterocycles. The number of halogens is 5. The molecule has 3 rings (SSSR count). The summed E-state index contributed by atoms with van der Waals surface area (Å²) in [4.78, 5) is 26.1. The molecule has 3 aromatic rings. The van der Waals surface area contributed by atoms with Gasteiger partial charge in [0.25, 0.3) is 5.91 Å². The van der Waals surface area contributed by atoms with E-state index in [0.29, 0.717) is 18.5 Å². The Kier molecular flexibility index (Phi) is 6.28. The highest BCUT2D eigenvalue weighted by molar-refractivity contribution is 5.95. The summed E-state index contributed by atoms with van der Waals surface area (Å²) < 4.78 is 72.7. The fraction of sp³-hybridized carbons (Fsp3) is 0.238. The lowest BCUT2D eigenvalue weighted by atomic mass is 10.1. The number of benzene rings is 2. The Morgan fingerprint density at radius 2 is 1.52 bits per heavy atom. The predicted octanol–water partition coefficient (Wildman–Crippen LogP) is 4.26. The highest BCUT2D eigenvalue weighted by Gasteiger charge is 2.29. The quantitative estimate of drug-likeness (QED) is 0.269. The van der Waals surface area contributed by atoms with Crippen LogP contribution >= 0.6 is 0 Å². The lowest BCUT2D eigenvalue weighted by Crippen LogP contribution is -2.27. The van der Waals surface area contributed by atoms with E-state index in [1.54, 1.807) is 18.2 Å². The van der Waals surface area contributed by atoms with Crippen LogP contribution < -0.4 is 15.8 Å². The maximum Gasteiger partial charge on any atom is 0.336 e. The van der Waals surface area contributed by atoms with Gasteiger partial charge in [-0.25, -0.2) is 26.7 Å². The molecule has 0 saturated carbocycles. The van der Waals surface area contributed by atoms with Crippen LogP contribution in [-0.4, -0.2) is 19.0 Å². The van der Waals surface area contributed by atoms with E-state index in [1.165, 1.54) is 0 Å². The largest absolute Gasteiger partial charge is 0.423 e. The minimum Gasteiger partial charge on any atom is -0.423 e. The second-order valence-electron chi connectivity index (χ2n) is 6.57. The van der Waals surface area contributed by atoms with Crippen LogP contribution in [0.2, 0.25) is 0 Å². The van der Waals surface area contributed by atoms with E-state index in [0.717, 1.165) is 11.8 Å². The van der Waals surface area contributed by atoms with E-state index in [-0.39, 0.29) is 11.1 Å². The van der Waals surface area contributed by atoms with Crippen molar-refractivity contribution in [1.29, 1.82) is 0 Å². The standard InChI is InChI=1S/C21H17F5N2O3/c1-3-28(4-2)11-5-6-12-10(7-14(29)31-13(12)8-11)9-27-21(30)15-16(22)18(24)20(26)19(25)17(15)23/h5-8H,3-4,9H2,1-2H3,(H,27,30). The number of carbonyl (C=O) groups is 1. The van der Waals surface area contributed by atoms with E-state index < -0.39 is 52.7 Å². The molecular weight excluding hydrogens is 423 g/mol. The molecule has 0 atom stereocenters. The molecule has 2 aromatic carbocycles. The topological polar surface area (TPSA) is 62.6 Å². The van der Waals surface area contributed by atoms with Gasteiger partial charge < -0.3 is 14.6 Å². The summed E-state index contributed by atoms with van der Waals surface area (Å²) in [5, 5.41) is 2.52. The van der Waals surface area contributed by atoms with Gasteiger partial charge in [-0.2, -0.15) is 0 Å². The lowest BCUT2D eigenvalue weighted by molar-refractivity contribution is 0.0939. The highest BCUT2D eigenvalue weighted by atomic mass is 19.2. The van der Waals surface area contributed by atoms with Gasteiger partial charge in [-0.1, -0.05) is 0 Å². The first-order valence-electron chi connectivity index (χ1n) is 9.30. The number of anilines is 1. The third-order valence-electron chi connectivity index (χ3n) is 4.82. The molecule has 0 spiro atoms. The zero-order chi connectivity index (χ0) is 22.9. The third kappa shape index (κ3) is 4.10. The van der Waals surface area contributed by atoms with Crippen molar-refractivity contribution in [2.24, 2.45) is 0 Å². The number of fused-ring (bicyclic) bond motifs is 1. The number of hydrogen-bond acceptors (Lipinski definition) is 4. The first-order valence-corrected chi connectivity index (χ1v) is 9.30. The zero-order valence-electron chi connectivity index (χ0n) is 16.5. The van der Waals surface area contributed by atoms with Crippen molar-refractivity contribution in [3.8, 4) is 0 Å². The van der Waals surface area contributed by atoms with Crippen molar-refractivity contribution < 1.29 is 31.2 Å². The number of nitrogens with zero attached hydrogens (tertiary/aromatic N) is 1. The molecule has 1 heterocycles. The van der Waals surface area contributed by atoms with Crippen LogP contribution in [0, 0.1) is 29.1 Å². The van der Waals surface area contributed by atoms with Crippen LogP contribution in [0.5, 0.6) is 0 Å². The molecule has 31 heavy (non-hydrogen) atoms. The Balaban J connectivity index is 1.95. The summed E-state index contributed by atoms with van der Waals surface area (Å²) in [6.07, 6.45) is 0. The van der Waals surface area contributed by atoms with Crippen LogP contribution in [0.1, 0.15) is 29.8 Å². The molecule has 5 nitrogen and oxygen atoms in total. The minimum absolute atomic E-state index is 0.220. The molecule has 0 aliphatic heterocycles. The SMILES string of the molecule is CCN(CC)c1ccc2c(CNC(=O)c3c(F)c(F)c(F)c(F)c3F)cc(=O)oc2c1. The maximum absolute atomic E-state index is 13.8. The molecule has 0 aliphatic carbocycles. The van der Waals surface area contributed by atoms with Gasteiger partial charge in [0.2, 0.25) is 5.82 Å². The monoisotopic (exact) mass is 440 g/mol. The van der Waals surface area contributed by atoms with Crippen molar-refractivity contribution in [3.05, 3.63) is 74.9 Å². The average Bonchev–Trinajstić information content (AvgIpc) is 2.75. The fourth-order valence-electron chi connectivity index (χ4n) is 3.22. The van der Waals surface area contributed by atoms with E-state index in [2.05, 4.69) is 5.32 Å². The maximum atomic E-state index is 13.8. The molecule has 0 radical (unpaired) electrons. The van der Waals surface area contributed by atoms with Crippen molar-refractivity contribution in [2.75, 3.05) is 18.0 Å². The van der Waals surface area contributed by atoms with E-state index >= 15 is 0 Å². The van der Waals surface area contributed by atoms with Gasteiger partial charge in [-0.05, 0) is 31.5 Å². The fourth-order valence-corrected chi connectivity index (χ4v) is 3.22. The smallest absolute Gasteiger partial charge is 0.336 e. The van der Waals surface area contributed by atoms with Crippen molar-refractivity contribution >= 4 is 22.6 Å². The number of amides is 1. The molecule has 164 valence electrons. The molecule has 0 aliphatic rings. The number of rotatable bonds is 6. The second-order valence-corrected chi connectivity index (χ2v) is 6.57. The third-order valence-corrected chi connectivity index (χ3v) is 4.82. The first kappa shape index (κ1) is 22.3. The Morgan fingerprint density at radius 1 is 0.935 bits per heavy atom. The second kappa shape index (κ2) is 8.75. The van der Waals surface area contributed by atoms with Gasteiger partial charge in [0.15, 0.2) is 23.3 Å². The molecule has 0 fully saturated rings. The Morgan fingerprint density at radius 3 is 2.10 bits per heavy atom. The van der Waals surface area contributed by atoms with Gasteiger partial charge in [0.05, 0.1) is 0 Å². The van der Waals surface area contributed by atoms with E-state index in [1.807, 2.05) is 18.7 Å². The first-order chi connectivity index (χ1) is 14.7. The molecule has 0 bridgehead atoms. The van der Waals surface area contributed by atoms with Crippen LogP contribution in [-0.2, 0) is 6.54 Å². The van der Waals surface area contributed by atoms with Crippen LogP contribution in [0.3, 0.4) is 0 Å². The van der Waals surface area contributed by atoms with Crippen molar-refractivity contribution in [2.45, 2.75) is 20.4 Å². The molecule has 10 heteroatoms. The zero-order valence-corrected chi connectivity index (χ0v) is 16.5. The predicted molar refractivity (Wildman–Crippen MR) is 103 cm³/mol. The van der Waals surface area contributed by atoms with Gasteiger partial charge in [0, 0.05) is 42.8 Å². The summed E-state index contributed by atoms with van der Waals surface area (Å²) in [5.41, 5.74) is -1.08. The Bertz CT molecular complexity index is 1190. The summed E-state index contributed by atoms with van der Waals surface area (Å²) >= 11 is 0. The van der Waals surface area contributed by atoms with Crippen LogP contribution in [0.4, 0.5) is 27.6 Å². The highest BCUT2D eigenvalue weighted by Crippen LogP contribution is 2.25. The van der Waals surface area contributed by atoms with Gasteiger partial charge in [-0.3, -0.25) is 4.79 Å². The molecule has 1 N–H and O–H groups in total. The van der Waals surface area contributed by atoms with Gasteiger partial charge in [0.1, 0.15) is 11.1 Å². The number of nitrogens with one attached hydrogen (secondary N) is 1. The van der Waals surface area contributed by atoms with Gasteiger partial charge >= 0.3 is 5.63 Å². The van der Waals surface area contributed by atoms with Crippen LogP contribution in [0.15, 0.2) is 33.5 Å². The Labute approximate surface area is 173 Å². The summed E-state index contributed by atoms with van der Waals surface area (Å²) in [5.74, 6) is -12.8. The molecule has 0 saturated heterocycles. The summed E-state index contributed by atoms with van der Waals surface area (Å²) in [7, 11) is 0. The average molecular weight is 440 g/mol. The molecule has 0 unspecified atom stereocenters. The normalized spacial score (nSPS) is 11.1. The lowest BCUT2D eigenvalue weighted by Gasteiger charge is -2.21. The summed E-state index contributed by atoms with van der Waals surface area (Å²) in [6, 6.07) is 6.12. The minimum atomic E-state index is -2.36. The Hall–Kier alpha value is -3.43. The van der Waals surface area contributed by atoms with Crippen molar-refractivity contribution in [3.63, 3.8) is 0 Å². The van der Waals surface area contributed by atoms with Gasteiger partial charge in [-0.15, -0.1) is 0 Å². The molecule has 1 amide bonds. The van der Waals surface area contributed by atoms with Crippen molar-refractivity contribution in [1.82, 2.24) is 5.32 Å². The van der Waals surface area contributed by atoms with Crippen LogP contribution in [0.25, 0.3) is 11.0 Å².